The van der Waals surface area contributed by atoms with Crippen LogP contribution in [-0.2, 0) is 4.79 Å². The van der Waals surface area contributed by atoms with Crippen molar-refractivity contribution in [2.24, 2.45) is 0 Å². The Morgan fingerprint density at radius 3 is 2.64 bits per heavy atom. The van der Waals surface area contributed by atoms with Crippen LogP contribution in [0.1, 0.15) is 28.3 Å². The smallest absolute Gasteiger partial charge is 0.325 e. The van der Waals surface area contributed by atoms with E-state index in [0.717, 1.165) is 15.3 Å². The summed E-state index contributed by atoms with van der Waals surface area (Å²) in [6.07, 6.45) is 0. The Morgan fingerprint density at radius 1 is 1.64 bits per heavy atom. The van der Waals surface area contributed by atoms with Crippen LogP contribution in [0.4, 0.5) is 0 Å². The van der Waals surface area contributed by atoms with Crippen molar-refractivity contribution in [3.05, 3.63) is 21.4 Å². The third-order valence-electron chi connectivity index (χ3n) is 2.05. The molecule has 0 saturated carbocycles. The van der Waals surface area contributed by atoms with E-state index in [9.17, 15) is 4.79 Å². The highest BCUT2D eigenvalue weighted by Gasteiger charge is 2.21. The maximum absolute atomic E-state index is 11.0. The molecule has 0 spiro atoms. The number of nitrogens with one attached hydrogen (secondary N) is 1. The van der Waals surface area contributed by atoms with Gasteiger partial charge in [-0.2, -0.15) is 0 Å². The molecule has 14 heavy (non-hydrogen) atoms. The SMILES string of the molecule is CCNC(C(=O)O)c1cc(C)sc1C. The van der Waals surface area contributed by atoms with E-state index in [1.807, 2.05) is 26.8 Å². The van der Waals surface area contributed by atoms with Crippen molar-refractivity contribution in [2.45, 2.75) is 26.8 Å². The number of carbonyl (C=O) groups is 1. The summed E-state index contributed by atoms with van der Waals surface area (Å²) in [5, 5.41) is 12.0. The van der Waals surface area contributed by atoms with Crippen LogP contribution in [0.15, 0.2) is 6.07 Å². The van der Waals surface area contributed by atoms with Crippen LogP contribution in [0.25, 0.3) is 0 Å². The van der Waals surface area contributed by atoms with Gasteiger partial charge in [-0.25, -0.2) is 0 Å². The molecular weight excluding hydrogens is 198 g/mol. The minimum absolute atomic E-state index is 0.565. The van der Waals surface area contributed by atoms with E-state index in [1.54, 1.807) is 11.3 Å². The Morgan fingerprint density at radius 2 is 2.29 bits per heavy atom. The molecule has 1 heterocycles. The average molecular weight is 213 g/mol. The highest BCUT2D eigenvalue weighted by molar-refractivity contribution is 7.12. The van der Waals surface area contributed by atoms with Gasteiger partial charge in [0.2, 0.25) is 0 Å². The lowest BCUT2D eigenvalue weighted by molar-refractivity contribution is -0.139. The summed E-state index contributed by atoms with van der Waals surface area (Å²) < 4.78 is 0. The molecule has 0 radical (unpaired) electrons. The second-order valence-corrected chi connectivity index (χ2v) is 4.66. The number of carboxylic acid groups (broad SMARTS) is 1. The summed E-state index contributed by atoms with van der Waals surface area (Å²) in [6.45, 7) is 6.52. The lowest BCUT2D eigenvalue weighted by Gasteiger charge is -2.12. The number of likely N-dealkylation sites (N-methyl/N-ethyl adjacent to an activating group) is 1. The fourth-order valence-corrected chi connectivity index (χ4v) is 2.43. The van der Waals surface area contributed by atoms with Crippen LogP contribution in [0.3, 0.4) is 0 Å². The molecule has 0 bridgehead atoms. The first kappa shape index (κ1) is 11.2. The van der Waals surface area contributed by atoms with E-state index in [4.69, 9.17) is 5.11 Å². The number of thiophene rings is 1. The molecule has 1 atom stereocenters. The molecule has 0 aliphatic carbocycles. The molecule has 0 fully saturated rings. The summed E-state index contributed by atoms with van der Waals surface area (Å²) in [5.74, 6) is -0.812. The van der Waals surface area contributed by atoms with Crippen molar-refractivity contribution in [3.8, 4) is 0 Å². The Labute approximate surface area is 87.8 Å². The summed E-state index contributed by atoms with van der Waals surface area (Å²) in [6, 6.07) is 1.38. The normalized spacial score (nSPS) is 12.8. The molecule has 0 aromatic carbocycles. The lowest BCUT2D eigenvalue weighted by Crippen LogP contribution is -2.28. The van der Waals surface area contributed by atoms with E-state index in [-0.39, 0.29) is 0 Å². The molecule has 1 unspecified atom stereocenters. The summed E-state index contributed by atoms with van der Waals surface area (Å²) in [7, 11) is 0. The van der Waals surface area contributed by atoms with Crippen LogP contribution in [0.2, 0.25) is 0 Å². The number of carboxylic acids is 1. The summed E-state index contributed by atoms with van der Waals surface area (Å²) in [5.41, 5.74) is 0.891. The van der Waals surface area contributed by atoms with Crippen LogP contribution in [0, 0.1) is 13.8 Å². The molecule has 78 valence electrons. The fraction of sp³-hybridized carbons (Fsp3) is 0.500. The Kier molecular flexibility index (Phi) is 3.66. The molecule has 1 aromatic rings. The predicted octanol–water partition coefficient (Wildman–Crippen LogP) is 2.10. The maximum atomic E-state index is 11.0. The molecule has 4 heteroatoms. The molecule has 0 saturated heterocycles. The maximum Gasteiger partial charge on any atom is 0.325 e. The van der Waals surface area contributed by atoms with Crippen molar-refractivity contribution in [2.75, 3.05) is 6.54 Å². The third kappa shape index (κ3) is 2.33. The number of rotatable bonds is 4. The third-order valence-corrected chi connectivity index (χ3v) is 3.03. The number of hydrogen-bond donors (Lipinski definition) is 2. The van der Waals surface area contributed by atoms with Gasteiger partial charge in [-0.05, 0) is 32.0 Å². The van der Waals surface area contributed by atoms with Gasteiger partial charge in [-0.3, -0.25) is 4.79 Å². The van der Waals surface area contributed by atoms with Gasteiger partial charge in [-0.15, -0.1) is 11.3 Å². The highest BCUT2D eigenvalue weighted by Crippen LogP contribution is 2.26. The van der Waals surface area contributed by atoms with Crippen molar-refractivity contribution >= 4 is 17.3 Å². The molecule has 0 aliphatic heterocycles. The quantitative estimate of drug-likeness (QED) is 0.805. The van der Waals surface area contributed by atoms with Gasteiger partial charge in [0.1, 0.15) is 6.04 Å². The lowest BCUT2D eigenvalue weighted by atomic mass is 10.1. The first-order chi connectivity index (χ1) is 6.56. The molecule has 3 nitrogen and oxygen atoms in total. The molecule has 1 aromatic heterocycles. The van der Waals surface area contributed by atoms with E-state index >= 15 is 0 Å². The number of hydrogen-bond acceptors (Lipinski definition) is 3. The van der Waals surface area contributed by atoms with Crippen LogP contribution >= 0.6 is 11.3 Å². The first-order valence-corrected chi connectivity index (χ1v) is 5.41. The number of aliphatic carboxylic acids is 1. The van der Waals surface area contributed by atoms with E-state index in [1.165, 1.54) is 0 Å². The van der Waals surface area contributed by atoms with Gasteiger partial charge in [-0.1, -0.05) is 6.92 Å². The molecule has 2 N–H and O–H groups in total. The zero-order chi connectivity index (χ0) is 10.7. The van der Waals surface area contributed by atoms with E-state index < -0.39 is 12.0 Å². The van der Waals surface area contributed by atoms with Crippen LogP contribution in [0.5, 0.6) is 0 Å². The van der Waals surface area contributed by atoms with Crippen molar-refractivity contribution in [3.63, 3.8) is 0 Å². The number of aryl methyl sites for hydroxylation is 2. The zero-order valence-electron chi connectivity index (χ0n) is 8.63. The van der Waals surface area contributed by atoms with Gasteiger partial charge < -0.3 is 10.4 Å². The molecule has 0 amide bonds. The van der Waals surface area contributed by atoms with Crippen molar-refractivity contribution in [1.82, 2.24) is 5.32 Å². The van der Waals surface area contributed by atoms with E-state index in [0.29, 0.717) is 6.54 Å². The van der Waals surface area contributed by atoms with Gasteiger partial charge in [0, 0.05) is 9.75 Å². The standard InChI is InChI=1S/C10H15NO2S/c1-4-11-9(10(12)13)8-5-6(2)14-7(8)3/h5,9,11H,4H2,1-3H3,(H,12,13). The second kappa shape index (κ2) is 4.57. The minimum Gasteiger partial charge on any atom is -0.480 e. The van der Waals surface area contributed by atoms with Gasteiger partial charge in [0.15, 0.2) is 0 Å². The largest absolute Gasteiger partial charge is 0.480 e. The second-order valence-electron chi connectivity index (χ2n) is 3.20. The molecule has 0 aliphatic rings. The van der Waals surface area contributed by atoms with Crippen LogP contribution in [-0.4, -0.2) is 17.6 Å². The predicted molar refractivity (Wildman–Crippen MR) is 57.8 cm³/mol. The Balaban J connectivity index is 2.98. The van der Waals surface area contributed by atoms with Crippen molar-refractivity contribution < 1.29 is 9.90 Å². The topological polar surface area (TPSA) is 49.3 Å². The minimum atomic E-state index is -0.812. The van der Waals surface area contributed by atoms with Crippen molar-refractivity contribution in [1.29, 1.82) is 0 Å². The van der Waals surface area contributed by atoms with Gasteiger partial charge >= 0.3 is 5.97 Å². The molecular formula is C10H15NO2S. The first-order valence-electron chi connectivity index (χ1n) is 4.59. The summed E-state index contributed by atoms with van der Waals surface area (Å²) >= 11 is 1.64. The van der Waals surface area contributed by atoms with Gasteiger partial charge in [0.05, 0.1) is 0 Å². The summed E-state index contributed by atoms with van der Waals surface area (Å²) in [4.78, 5) is 13.2. The van der Waals surface area contributed by atoms with E-state index in [2.05, 4.69) is 5.32 Å². The Hall–Kier alpha value is -0.870. The molecule has 1 rings (SSSR count). The van der Waals surface area contributed by atoms with Gasteiger partial charge in [0.25, 0.3) is 0 Å². The monoisotopic (exact) mass is 213 g/mol. The fourth-order valence-electron chi connectivity index (χ4n) is 1.47. The highest BCUT2D eigenvalue weighted by atomic mass is 32.1. The van der Waals surface area contributed by atoms with Crippen LogP contribution < -0.4 is 5.32 Å². The zero-order valence-corrected chi connectivity index (χ0v) is 9.44. The Bertz CT molecular complexity index is 333. The average Bonchev–Trinajstić information content (AvgIpc) is 2.40.